The summed E-state index contributed by atoms with van der Waals surface area (Å²) in [6.07, 6.45) is 2.78. The number of nitrogens with zero attached hydrogens (tertiary/aromatic N) is 2. The van der Waals surface area contributed by atoms with Crippen molar-refractivity contribution >= 4 is 18.5 Å². The Morgan fingerprint density at radius 1 is 1.35 bits per heavy atom. The molecule has 2 aliphatic rings. The molecule has 0 saturated carbocycles. The molecule has 1 atom stereocenters. The van der Waals surface area contributed by atoms with E-state index in [1.165, 1.54) is 16.7 Å². The Morgan fingerprint density at radius 2 is 2.00 bits per heavy atom. The van der Waals surface area contributed by atoms with E-state index < -0.39 is 5.60 Å². The van der Waals surface area contributed by atoms with Gasteiger partial charge in [-0.2, -0.15) is 0 Å². The van der Waals surface area contributed by atoms with E-state index in [0.29, 0.717) is 5.92 Å². The van der Waals surface area contributed by atoms with E-state index in [1.807, 2.05) is 25.7 Å². The summed E-state index contributed by atoms with van der Waals surface area (Å²) in [5.74, 6) is 1.35. The second-order valence-electron chi connectivity index (χ2n) is 8.47. The molecule has 2 heterocycles. The van der Waals surface area contributed by atoms with Crippen LogP contribution in [0.5, 0.6) is 5.75 Å². The highest BCUT2D eigenvalue weighted by Gasteiger charge is 2.33. The Kier molecular flexibility index (Phi) is 5.00. The van der Waals surface area contributed by atoms with Crippen LogP contribution in [0, 0.1) is 6.92 Å². The van der Waals surface area contributed by atoms with Crippen molar-refractivity contribution in [2.75, 3.05) is 13.1 Å². The quantitative estimate of drug-likeness (QED) is 0.716. The Labute approximate surface area is 156 Å². The van der Waals surface area contributed by atoms with Crippen LogP contribution >= 0.6 is 0 Å². The molecule has 1 saturated heterocycles. The zero-order valence-corrected chi connectivity index (χ0v) is 16.6. The first kappa shape index (κ1) is 18.7. The van der Waals surface area contributed by atoms with Crippen molar-refractivity contribution in [2.45, 2.75) is 71.5 Å². The Hall–Kier alpha value is -2.04. The van der Waals surface area contributed by atoms with Gasteiger partial charge in [0.1, 0.15) is 23.1 Å². The maximum Gasteiger partial charge on any atom is 0.410 e. The van der Waals surface area contributed by atoms with Crippen LogP contribution in [0.3, 0.4) is 0 Å². The number of amides is 1. The highest BCUT2D eigenvalue weighted by atomic mass is 16.6. The van der Waals surface area contributed by atoms with Crippen LogP contribution in [0.4, 0.5) is 10.5 Å². The highest BCUT2D eigenvalue weighted by Crippen LogP contribution is 2.46. The number of hydrogen-bond acceptors (Lipinski definition) is 4. The number of likely N-dealkylation sites (tertiary alicyclic amines) is 1. The summed E-state index contributed by atoms with van der Waals surface area (Å²) in [4.78, 5) is 18.3. The van der Waals surface area contributed by atoms with E-state index in [-0.39, 0.29) is 12.2 Å². The molecule has 1 aromatic rings. The third-order valence-corrected chi connectivity index (χ3v) is 5.15. The molecule has 0 spiro atoms. The van der Waals surface area contributed by atoms with Crippen LogP contribution in [0.2, 0.25) is 0 Å². The predicted octanol–water partition coefficient (Wildman–Crippen LogP) is 4.77. The molecular formula is C21H30N2O3. The molecule has 5 nitrogen and oxygen atoms in total. The summed E-state index contributed by atoms with van der Waals surface area (Å²) < 4.78 is 11.5. The number of carbonyl (C=O) groups is 1. The minimum absolute atomic E-state index is 0.174. The molecule has 1 fully saturated rings. The lowest BCUT2D eigenvalue weighted by Crippen LogP contribution is -2.41. The monoisotopic (exact) mass is 358 g/mol. The smallest absolute Gasteiger partial charge is 0.410 e. The van der Waals surface area contributed by atoms with Crippen LogP contribution in [0.25, 0.3) is 0 Å². The average Bonchev–Trinajstić information content (AvgIpc) is 2.94. The number of ether oxygens (including phenoxy) is 2. The second-order valence-corrected chi connectivity index (χ2v) is 8.47. The lowest BCUT2D eigenvalue weighted by Gasteiger charge is -2.34. The molecule has 2 aliphatic heterocycles. The van der Waals surface area contributed by atoms with Crippen LogP contribution in [-0.2, 0) is 11.2 Å². The minimum atomic E-state index is -0.452. The van der Waals surface area contributed by atoms with Crippen LogP contribution in [0.1, 0.15) is 63.1 Å². The molecule has 0 aliphatic carbocycles. The maximum atomic E-state index is 12.3. The first-order chi connectivity index (χ1) is 12.2. The van der Waals surface area contributed by atoms with Gasteiger partial charge in [-0.25, -0.2) is 4.79 Å². The standard InChI is InChI=1S/C21H30N2O3/c1-13-11-17(22-6)19-16(12-14(2)25-19)18(13)15-7-9-23(10-8-15)20(24)26-21(3,4)5/h11,14-15H,6-10,12H2,1-5H3/t14-/m1/s1. The third-order valence-electron chi connectivity index (χ3n) is 5.15. The molecule has 0 unspecified atom stereocenters. The molecular weight excluding hydrogens is 328 g/mol. The first-order valence-corrected chi connectivity index (χ1v) is 9.47. The molecule has 26 heavy (non-hydrogen) atoms. The Balaban J connectivity index is 1.78. The van der Waals surface area contributed by atoms with E-state index >= 15 is 0 Å². The number of benzene rings is 1. The van der Waals surface area contributed by atoms with E-state index in [0.717, 1.165) is 43.8 Å². The number of piperidine rings is 1. The topological polar surface area (TPSA) is 51.1 Å². The van der Waals surface area contributed by atoms with E-state index in [9.17, 15) is 4.79 Å². The van der Waals surface area contributed by atoms with Gasteiger partial charge in [0, 0.05) is 25.1 Å². The summed E-state index contributed by atoms with van der Waals surface area (Å²) in [6, 6.07) is 2.08. The number of aryl methyl sites for hydroxylation is 1. The normalized spacial score (nSPS) is 20.5. The number of fused-ring (bicyclic) bond motifs is 1. The fraction of sp³-hybridized carbons (Fsp3) is 0.619. The van der Waals surface area contributed by atoms with Gasteiger partial charge in [0.15, 0.2) is 0 Å². The molecule has 142 valence electrons. The van der Waals surface area contributed by atoms with Crippen LogP contribution in [0.15, 0.2) is 11.1 Å². The van der Waals surface area contributed by atoms with Crippen molar-refractivity contribution in [3.8, 4) is 5.75 Å². The zero-order valence-electron chi connectivity index (χ0n) is 16.6. The zero-order chi connectivity index (χ0) is 19.1. The van der Waals surface area contributed by atoms with E-state index in [1.54, 1.807) is 0 Å². The van der Waals surface area contributed by atoms with Crippen molar-refractivity contribution in [3.63, 3.8) is 0 Å². The minimum Gasteiger partial charge on any atom is -0.488 e. The van der Waals surface area contributed by atoms with Gasteiger partial charge in [0.2, 0.25) is 0 Å². The van der Waals surface area contributed by atoms with Crippen LogP contribution in [-0.4, -0.2) is 42.5 Å². The number of rotatable bonds is 2. The number of aliphatic imine (C=N–C) groups is 1. The third kappa shape index (κ3) is 3.71. The molecule has 3 rings (SSSR count). The second kappa shape index (κ2) is 6.93. The van der Waals surface area contributed by atoms with Crippen molar-refractivity contribution in [2.24, 2.45) is 4.99 Å². The predicted molar refractivity (Wildman–Crippen MR) is 104 cm³/mol. The van der Waals surface area contributed by atoms with E-state index in [2.05, 4.69) is 31.6 Å². The van der Waals surface area contributed by atoms with Crippen molar-refractivity contribution in [1.29, 1.82) is 0 Å². The summed E-state index contributed by atoms with van der Waals surface area (Å²) in [7, 11) is 0. The van der Waals surface area contributed by atoms with Gasteiger partial charge in [-0.05, 0) is 77.3 Å². The Morgan fingerprint density at radius 3 is 2.58 bits per heavy atom. The summed E-state index contributed by atoms with van der Waals surface area (Å²) in [5, 5.41) is 0. The largest absolute Gasteiger partial charge is 0.488 e. The van der Waals surface area contributed by atoms with Gasteiger partial charge >= 0.3 is 6.09 Å². The number of hydrogen-bond donors (Lipinski definition) is 0. The summed E-state index contributed by atoms with van der Waals surface area (Å²) in [6.45, 7) is 15.1. The fourth-order valence-electron chi connectivity index (χ4n) is 4.09. The Bertz CT molecular complexity index is 713. The lowest BCUT2D eigenvalue weighted by molar-refractivity contribution is 0.0204. The summed E-state index contributed by atoms with van der Waals surface area (Å²) >= 11 is 0. The first-order valence-electron chi connectivity index (χ1n) is 9.47. The fourth-order valence-corrected chi connectivity index (χ4v) is 4.09. The SMILES string of the molecule is C=Nc1cc(C)c(C2CCN(C(=O)OC(C)(C)C)CC2)c2c1O[C@H](C)C2. The van der Waals surface area contributed by atoms with Gasteiger partial charge in [-0.1, -0.05) is 0 Å². The van der Waals surface area contributed by atoms with Crippen molar-refractivity contribution in [3.05, 3.63) is 22.8 Å². The van der Waals surface area contributed by atoms with Gasteiger partial charge in [-0.3, -0.25) is 4.99 Å². The van der Waals surface area contributed by atoms with Crippen LogP contribution < -0.4 is 4.74 Å². The summed E-state index contributed by atoms with van der Waals surface area (Å²) in [5.41, 5.74) is 4.32. The average molecular weight is 358 g/mol. The molecule has 5 heteroatoms. The lowest BCUT2D eigenvalue weighted by atomic mass is 9.82. The van der Waals surface area contributed by atoms with E-state index in [4.69, 9.17) is 9.47 Å². The van der Waals surface area contributed by atoms with Crippen molar-refractivity contribution in [1.82, 2.24) is 4.90 Å². The molecule has 1 amide bonds. The van der Waals surface area contributed by atoms with Crippen molar-refractivity contribution < 1.29 is 14.3 Å². The highest BCUT2D eigenvalue weighted by molar-refractivity contribution is 5.69. The molecule has 0 radical (unpaired) electrons. The van der Waals surface area contributed by atoms with Gasteiger partial charge in [0.25, 0.3) is 0 Å². The maximum absolute atomic E-state index is 12.3. The molecule has 0 N–H and O–H groups in total. The molecule has 0 aromatic heterocycles. The number of carbonyl (C=O) groups excluding carboxylic acids is 1. The molecule has 0 bridgehead atoms. The van der Waals surface area contributed by atoms with Gasteiger partial charge in [0.05, 0.1) is 0 Å². The van der Waals surface area contributed by atoms with Gasteiger partial charge in [-0.15, -0.1) is 0 Å². The van der Waals surface area contributed by atoms with Gasteiger partial charge < -0.3 is 14.4 Å². The molecule has 1 aromatic carbocycles.